The van der Waals surface area contributed by atoms with Gasteiger partial charge in [0.05, 0.1) is 0 Å². The van der Waals surface area contributed by atoms with Crippen LogP contribution in [-0.2, 0) is 3.08 Å². The fourth-order valence-corrected chi connectivity index (χ4v) is 5.21. The van der Waals surface area contributed by atoms with Gasteiger partial charge in [-0.15, -0.1) is 0 Å². The van der Waals surface area contributed by atoms with Crippen LogP contribution < -0.4 is 0 Å². The third kappa shape index (κ3) is 2.61. The molecule has 0 aliphatic heterocycles. The van der Waals surface area contributed by atoms with Gasteiger partial charge in [-0.05, 0) is 0 Å². The van der Waals surface area contributed by atoms with Crippen LogP contribution in [0.3, 0.4) is 0 Å². The van der Waals surface area contributed by atoms with E-state index in [9.17, 15) is 3.08 Å². The summed E-state index contributed by atoms with van der Waals surface area (Å²) < 4.78 is 13.6. The van der Waals surface area contributed by atoms with Crippen LogP contribution >= 0.6 is 0 Å². The zero-order valence-corrected chi connectivity index (χ0v) is 8.67. The van der Waals surface area contributed by atoms with Gasteiger partial charge in [-0.2, -0.15) is 0 Å². The van der Waals surface area contributed by atoms with Crippen molar-refractivity contribution in [1.82, 2.24) is 0 Å². The zero-order chi connectivity index (χ0) is 6.69. The summed E-state index contributed by atoms with van der Waals surface area (Å²) in [6, 6.07) is 0. The first-order valence-electron chi connectivity index (χ1n) is 3.57. The van der Waals surface area contributed by atoms with Gasteiger partial charge in [-0.3, -0.25) is 0 Å². The van der Waals surface area contributed by atoms with Crippen molar-refractivity contribution in [1.29, 1.82) is 0 Å². The number of rotatable bonds is 4. The van der Waals surface area contributed by atoms with Gasteiger partial charge in [-0.1, -0.05) is 0 Å². The molecule has 0 amide bonds. The second kappa shape index (κ2) is 3.49. The van der Waals surface area contributed by atoms with Crippen molar-refractivity contribution in [2.45, 2.75) is 30.6 Å². The molecule has 0 aromatic carbocycles. The fourth-order valence-electron chi connectivity index (χ4n) is 0.777. The maximum atomic E-state index is 11.2. The fraction of sp³-hybridized carbons (Fsp3) is 0.714. The molecule has 0 aromatic rings. The summed E-state index contributed by atoms with van der Waals surface area (Å²) in [5, 5.41) is 0. The molecule has 0 spiro atoms. The predicted molar refractivity (Wildman–Crippen MR) is 38.9 cm³/mol. The van der Waals surface area contributed by atoms with E-state index < -0.39 is 19.7 Å². The molecule has 1 nitrogen and oxygen atoms in total. The molecular weight excluding hydrogens is 219 g/mol. The van der Waals surface area contributed by atoms with E-state index in [1.165, 1.54) is 16.4 Å². The molecule has 1 rings (SSSR count). The standard InChI is InChI=1S/C4H9.C3H3.O.Sn/c1-3-4-2;1-2-3-1;;/h1,3-4H2,2H3;1H,2H2;;. The van der Waals surface area contributed by atoms with Crippen molar-refractivity contribution in [2.24, 2.45) is 0 Å². The molecule has 0 radical (unpaired) electrons. The Morgan fingerprint density at radius 1 is 1.78 bits per heavy atom. The third-order valence-corrected chi connectivity index (χ3v) is 7.04. The molecule has 0 heterocycles. The maximum absolute atomic E-state index is 11.2. The van der Waals surface area contributed by atoms with Crippen LogP contribution in [0.15, 0.2) is 9.67 Å². The van der Waals surface area contributed by atoms with Crippen molar-refractivity contribution in [2.75, 3.05) is 0 Å². The summed E-state index contributed by atoms with van der Waals surface area (Å²) in [6.07, 6.45) is 5.58. The van der Waals surface area contributed by atoms with Gasteiger partial charge in [0, 0.05) is 0 Å². The molecule has 1 aliphatic carbocycles. The van der Waals surface area contributed by atoms with Crippen molar-refractivity contribution in [3.8, 4) is 0 Å². The van der Waals surface area contributed by atoms with Gasteiger partial charge in [0.2, 0.25) is 0 Å². The first-order chi connectivity index (χ1) is 4.34. The second-order valence-corrected chi connectivity index (χ2v) is 8.14. The summed E-state index contributed by atoms with van der Waals surface area (Å²) in [6.45, 7) is 2.15. The molecule has 9 heavy (non-hydrogen) atoms. The first-order valence-corrected chi connectivity index (χ1v) is 8.18. The first kappa shape index (κ1) is 7.45. The van der Waals surface area contributed by atoms with Crippen LogP contribution in [0.25, 0.3) is 0 Å². The van der Waals surface area contributed by atoms with E-state index in [4.69, 9.17) is 0 Å². The van der Waals surface area contributed by atoms with Crippen LogP contribution in [0.4, 0.5) is 0 Å². The Kier molecular flexibility index (Phi) is 2.89. The van der Waals surface area contributed by atoms with Gasteiger partial charge in [0.25, 0.3) is 0 Å². The van der Waals surface area contributed by atoms with Crippen molar-refractivity contribution >= 4 is 19.7 Å². The Labute approximate surface area is 63.3 Å². The van der Waals surface area contributed by atoms with E-state index in [2.05, 4.69) is 13.0 Å². The van der Waals surface area contributed by atoms with Gasteiger partial charge in [-0.25, -0.2) is 0 Å². The molecule has 0 aromatic heterocycles. The van der Waals surface area contributed by atoms with E-state index in [1.807, 2.05) is 0 Å². The molecule has 0 unspecified atom stereocenters. The topological polar surface area (TPSA) is 17.1 Å². The van der Waals surface area contributed by atoms with Crippen LogP contribution in [0.2, 0.25) is 4.44 Å². The second-order valence-electron chi connectivity index (χ2n) is 2.46. The van der Waals surface area contributed by atoms with E-state index in [0.717, 1.165) is 10.9 Å². The van der Waals surface area contributed by atoms with Crippen LogP contribution in [-0.4, -0.2) is 19.7 Å². The van der Waals surface area contributed by atoms with Gasteiger partial charge in [0.1, 0.15) is 0 Å². The van der Waals surface area contributed by atoms with Crippen molar-refractivity contribution in [3.05, 3.63) is 9.67 Å². The predicted octanol–water partition coefficient (Wildman–Crippen LogP) is 2.08. The number of allylic oxidation sites excluding steroid dienone is 2. The minimum absolute atomic E-state index is 1.05. The molecular formula is C7H12OSn. The molecule has 0 N–H and O–H groups in total. The molecule has 0 atom stereocenters. The SMILES string of the molecule is CCC[CH2][Sn](=[O])[C]1=CC1. The Morgan fingerprint density at radius 2 is 2.44 bits per heavy atom. The molecule has 0 fully saturated rings. The average molecular weight is 231 g/mol. The van der Waals surface area contributed by atoms with Gasteiger partial charge >= 0.3 is 63.1 Å². The Morgan fingerprint density at radius 3 is 2.89 bits per heavy atom. The zero-order valence-electron chi connectivity index (χ0n) is 5.81. The monoisotopic (exact) mass is 232 g/mol. The number of unbranched alkanes of at least 4 members (excludes halogenated alkanes) is 1. The molecule has 0 saturated heterocycles. The minimum atomic E-state index is -2.08. The molecule has 0 saturated carbocycles. The Bertz CT molecular complexity index is 149. The van der Waals surface area contributed by atoms with Crippen molar-refractivity contribution in [3.63, 3.8) is 0 Å². The third-order valence-electron chi connectivity index (χ3n) is 1.52. The molecule has 2 heteroatoms. The van der Waals surface area contributed by atoms with Crippen LogP contribution in [0.5, 0.6) is 0 Å². The van der Waals surface area contributed by atoms with Gasteiger partial charge in [0.15, 0.2) is 0 Å². The Balaban J connectivity index is 2.11. The summed E-state index contributed by atoms with van der Waals surface area (Å²) >= 11 is -2.08. The molecule has 50 valence electrons. The van der Waals surface area contributed by atoms with E-state index >= 15 is 0 Å². The molecule has 1 aliphatic rings. The summed E-state index contributed by atoms with van der Waals surface area (Å²) in [7, 11) is 0. The average Bonchev–Trinajstić information content (AvgIpc) is 2.63. The number of hydrogen-bond donors (Lipinski definition) is 0. The number of hydrogen-bond acceptors (Lipinski definition) is 1. The summed E-state index contributed by atoms with van der Waals surface area (Å²) in [5.41, 5.74) is 0. The van der Waals surface area contributed by atoms with E-state index in [0.29, 0.717) is 0 Å². The normalized spacial score (nSPS) is 15.0. The van der Waals surface area contributed by atoms with Gasteiger partial charge < -0.3 is 0 Å². The van der Waals surface area contributed by atoms with E-state index in [1.54, 1.807) is 0 Å². The summed E-state index contributed by atoms with van der Waals surface area (Å²) in [4.78, 5) is 0. The van der Waals surface area contributed by atoms with Crippen LogP contribution in [0.1, 0.15) is 26.2 Å². The van der Waals surface area contributed by atoms with Crippen LogP contribution in [0, 0.1) is 0 Å². The quantitative estimate of drug-likeness (QED) is 0.676. The van der Waals surface area contributed by atoms with Crippen molar-refractivity contribution < 1.29 is 3.08 Å². The summed E-state index contributed by atoms with van der Waals surface area (Å²) in [5.74, 6) is 0. The van der Waals surface area contributed by atoms with E-state index in [-0.39, 0.29) is 0 Å². The molecule has 0 bridgehead atoms. The Hall–Kier alpha value is 0.339.